The molecule has 2 N–H and O–H groups in total. The first-order valence-corrected chi connectivity index (χ1v) is 11.3. The zero-order chi connectivity index (χ0) is 21.6. The maximum atomic E-state index is 12.5. The van der Waals surface area contributed by atoms with Gasteiger partial charge in [-0.1, -0.05) is 6.07 Å². The molecule has 2 aromatic carbocycles. The van der Waals surface area contributed by atoms with Gasteiger partial charge >= 0.3 is 0 Å². The first kappa shape index (κ1) is 20.9. The number of pyridine rings is 1. The topological polar surface area (TPSA) is 99.2 Å². The normalized spacial score (nSPS) is 11.5. The molecule has 1 unspecified atom stereocenters. The molecule has 7 nitrogen and oxygen atoms in total. The minimum absolute atomic E-state index is 0.289. The molecular weight excluding hydrogens is 432 g/mol. The summed E-state index contributed by atoms with van der Waals surface area (Å²) in [7, 11) is 1.59. The predicted octanol–water partition coefficient (Wildman–Crippen LogP) is 4.60. The molecule has 31 heavy (non-hydrogen) atoms. The molecule has 0 aliphatic heterocycles. The molecule has 1 amide bonds. The third-order valence-electron chi connectivity index (χ3n) is 4.28. The van der Waals surface area contributed by atoms with Crippen molar-refractivity contribution in [3.8, 4) is 17.1 Å². The van der Waals surface area contributed by atoms with Gasteiger partial charge in [-0.3, -0.25) is 15.1 Å². The van der Waals surface area contributed by atoms with Gasteiger partial charge in [0.2, 0.25) is 0 Å². The number of nitrogens with one attached hydrogen (secondary N) is 2. The van der Waals surface area contributed by atoms with Gasteiger partial charge < -0.3 is 9.29 Å². The van der Waals surface area contributed by atoms with Crippen molar-refractivity contribution >= 4 is 39.4 Å². The second-order valence-electron chi connectivity index (χ2n) is 6.33. The Balaban J connectivity index is 1.38. The van der Waals surface area contributed by atoms with E-state index in [0.29, 0.717) is 27.0 Å². The second-order valence-corrected chi connectivity index (χ2v) is 8.40. The number of rotatable bonds is 7. The van der Waals surface area contributed by atoms with Crippen LogP contribution in [0.3, 0.4) is 0 Å². The van der Waals surface area contributed by atoms with Crippen molar-refractivity contribution in [1.29, 1.82) is 0 Å². The molecule has 0 radical (unpaired) electrons. The van der Waals surface area contributed by atoms with E-state index in [0.717, 1.165) is 11.4 Å². The zero-order valence-corrected chi connectivity index (χ0v) is 18.1. The van der Waals surface area contributed by atoms with Crippen molar-refractivity contribution in [1.82, 2.24) is 9.97 Å². The highest BCUT2D eigenvalue weighted by molar-refractivity contribution is 7.92. The number of aromatic nitrogens is 2. The van der Waals surface area contributed by atoms with Crippen LogP contribution in [-0.2, 0) is 11.4 Å². The van der Waals surface area contributed by atoms with Crippen LogP contribution in [0.15, 0.2) is 83.2 Å². The number of anilines is 2. The molecule has 1 atom stereocenters. The van der Waals surface area contributed by atoms with Crippen molar-refractivity contribution < 1.29 is 14.1 Å². The van der Waals surface area contributed by atoms with Crippen molar-refractivity contribution in [2.75, 3.05) is 17.1 Å². The number of thiazole rings is 1. The van der Waals surface area contributed by atoms with Gasteiger partial charge in [0.05, 0.1) is 18.5 Å². The SMILES string of the molecule is COc1ccc(N[S+]([O-])c2ccc(C(=O)Nc3nc(-c4ccccn4)cs3)cc2)cc1. The van der Waals surface area contributed by atoms with E-state index in [1.807, 2.05) is 23.6 Å². The Hall–Kier alpha value is -3.40. The van der Waals surface area contributed by atoms with Crippen LogP contribution < -0.4 is 14.8 Å². The molecule has 0 aliphatic carbocycles. The van der Waals surface area contributed by atoms with E-state index in [2.05, 4.69) is 20.0 Å². The summed E-state index contributed by atoms with van der Waals surface area (Å²) in [5, 5.41) is 5.11. The van der Waals surface area contributed by atoms with Gasteiger partial charge in [0.1, 0.15) is 22.8 Å². The standard InChI is InChI=1S/C22H18N4O3S2/c1-29-17-9-7-16(8-10-17)26-31(28)18-11-5-15(6-12-18)21(27)25-22-24-20(14-30-22)19-4-2-3-13-23-19/h2-14,26H,1H3,(H,24,25,27). The summed E-state index contributed by atoms with van der Waals surface area (Å²) in [5.41, 5.74) is 2.60. The number of benzene rings is 2. The molecule has 2 heterocycles. The third kappa shape index (κ3) is 5.21. The summed E-state index contributed by atoms with van der Waals surface area (Å²) in [6.07, 6.45) is 1.70. The number of amides is 1. The zero-order valence-electron chi connectivity index (χ0n) is 16.4. The highest BCUT2D eigenvalue weighted by Crippen LogP contribution is 2.24. The molecule has 0 bridgehead atoms. The van der Waals surface area contributed by atoms with Gasteiger partial charge in [0.25, 0.3) is 5.91 Å². The van der Waals surface area contributed by atoms with Gasteiger partial charge in [0.15, 0.2) is 10.0 Å². The average molecular weight is 451 g/mol. The fraction of sp³-hybridized carbons (Fsp3) is 0.0455. The minimum Gasteiger partial charge on any atom is -0.588 e. The van der Waals surface area contributed by atoms with Gasteiger partial charge in [-0.05, 0) is 60.7 Å². The molecule has 0 fully saturated rings. The first-order valence-electron chi connectivity index (χ1n) is 9.23. The summed E-state index contributed by atoms with van der Waals surface area (Å²) in [5.74, 6) is 0.432. The van der Waals surface area contributed by atoms with E-state index < -0.39 is 11.4 Å². The van der Waals surface area contributed by atoms with Gasteiger partial charge in [0, 0.05) is 17.1 Å². The highest BCUT2D eigenvalue weighted by Gasteiger charge is 2.15. The van der Waals surface area contributed by atoms with Crippen LogP contribution in [0.25, 0.3) is 11.4 Å². The second kappa shape index (κ2) is 9.61. The monoisotopic (exact) mass is 450 g/mol. The van der Waals surface area contributed by atoms with Crippen LogP contribution >= 0.6 is 11.3 Å². The Morgan fingerprint density at radius 3 is 2.48 bits per heavy atom. The van der Waals surface area contributed by atoms with Crippen molar-refractivity contribution in [3.63, 3.8) is 0 Å². The molecule has 0 saturated heterocycles. The molecule has 4 aromatic rings. The Bertz CT molecular complexity index is 1150. The Kier molecular flexibility index (Phi) is 6.46. The predicted molar refractivity (Wildman–Crippen MR) is 123 cm³/mol. The van der Waals surface area contributed by atoms with Crippen LogP contribution in [0.1, 0.15) is 10.4 Å². The Labute approximate surface area is 186 Å². The summed E-state index contributed by atoms with van der Waals surface area (Å²) in [6, 6.07) is 19.3. The molecular formula is C22H18N4O3S2. The lowest BCUT2D eigenvalue weighted by Gasteiger charge is -2.12. The quantitative estimate of drug-likeness (QED) is 0.399. The number of hydrogen-bond donors (Lipinski definition) is 2. The van der Waals surface area contributed by atoms with Crippen LogP contribution in [0, 0.1) is 0 Å². The number of hydrogen-bond acceptors (Lipinski definition) is 7. The van der Waals surface area contributed by atoms with Gasteiger partial charge in [-0.2, -0.15) is 0 Å². The van der Waals surface area contributed by atoms with Gasteiger partial charge in [-0.15, -0.1) is 11.3 Å². The fourth-order valence-corrected chi connectivity index (χ4v) is 4.24. The van der Waals surface area contributed by atoms with E-state index in [1.165, 1.54) is 11.3 Å². The summed E-state index contributed by atoms with van der Waals surface area (Å²) < 4.78 is 20.6. The Morgan fingerprint density at radius 1 is 1.03 bits per heavy atom. The molecule has 0 aliphatic rings. The average Bonchev–Trinajstić information content (AvgIpc) is 3.28. The summed E-state index contributed by atoms with van der Waals surface area (Å²) in [6.45, 7) is 0. The lowest BCUT2D eigenvalue weighted by atomic mass is 10.2. The largest absolute Gasteiger partial charge is 0.588 e. The minimum atomic E-state index is -1.46. The lowest BCUT2D eigenvalue weighted by molar-refractivity contribution is 0.102. The molecule has 156 valence electrons. The highest BCUT2D eigenvalue weighted by atomic mass is 32.2. The maximum absolute atomic E-state index is 12.5. The van der Waals surface area contributed by atoms with Crippen LogP contribution in [0.4, 0.5) is 10.8 Å². The molecule has 2 aromatic heterocycles. The number of carbonyl (C=O) groups is 1. The molecule has 0 saturated carbocycles. The number of methoxy groups -OCH3 is 1. The third-order valence-corrected chi connectivity index (χ3v) is 6.16. The van der Waals surface area contributed by atoms with E-state index >= 15 is 0 Å². The van der Waals surface area contributed by atoms with Gasteiger partial charge in [-0.25, -0.2) is 9.71 Å². The Morgan fingerprint density at radius 2 is 1.81 bits per heavy atom. The lowest BCUT2D eigenvalue weighted by Crippen LogP contribution is -2.14. The van der Waals surface area contributed by atoms with Crippen molar-refractivity contribution in [2.45, 2.75) is 4.90 Å². The summed E-state index contributed by atoms with van der Waals surface area (Å²) >= 11 is -0.131. The van der Waals surface area contributed by atoms with E-state index in [9.17, 15) is 9.35 Å². The summed E-state index contributed by atoms with van der Waals surface area (Å²) in [4.78, 5) is 21.7. The van der Waals surface area contributed by atoms with Crippen LogP contribution in [0.5, 0.6) is 5.75 Å². The maximum Gasteiger partial charge on any atom is 0.257 e. The van der Waals surface area contributed by atoms with Crippen molar-refractivity contribution in [2.24, 2.45) is 0 Å². The van der Waals surface area contributed by atoms with Crippen LogP contribution in [0.2, 0.25) is 0 Å². The molecule has 4 rings (SSSR count). The van der Waals surface area contributed by atoms with Crippen molar-refractivity contribution in [3.05, 3.63) is 83.9 Å². The fourth-order valence-electron chi connectivity index (χ4n) is 2.69. The first-order chi connectivity index (χ1) is 15.1. The molecule has 9 heteroatoms. The number of carbonyl (C=O) groups excluding carboxylic acids is 1. The number of ether oxygens (including phenoxy) is 1. The van der Waals surface area contributed by atoms with E-state index in [4.69, 9.17) is 4.74 Å². The number of nitrogens with zero attached hydrogens (tertiary/aromatic N) is 2. The van der Waals surface area contributed by atoms with E-state index in [-0.39, 0.29) is 5.91 Å². The van der Waals surface area contributed by atoms with Crippen LogP contribution in [-0.4, -0.2) is 27.5 Å². The molecule has 0 spiro atoms. The van der Waals surface area contributed by atoms with E-state index in [1.54, 1.807) is 61.8 Å². The smallest absolute Gasteiger partial charge is 0.257 e.